The Bertz CT molecular complexity index is 1470. The number of Topliss-reactive ketones (excluding diaryl/α,β-unsaturated/α-hetero) is 1. The Kier molecular flexibility index (Phi) is 7.01. The normalized spacial score (nSPS) is 21.0. The SMILES string of the molecule is Nc1ncnc2c1ncn2[C@@H]1O[C@H](COc2ccc(CCC(=O)c3ccccc3C(=O)O)cc2)[C@@H](O)[C@H]1O. The number of benzene rings is 2. The number of aliphatic hydroxyl groups excluding tert-OH is 2. The molecule has 3 heterocycles. The van der Waals surface area contributed by atoms with Crippen molar-refractivity contribution in [3.05, 3.63) is 77.9 Å². The summed E-state index contributed by atoms with van der Waals surface area (Å²) in [5.41, 5.74) is 7.61. The average molecular weight is 520 g/mol. The highest BCUT2D eigenvalue weighted by atomic mass is 16.6. The predicted octanol–water partition coefficient (Wildman–Crippen LogP) is 1.62. The van der Waals surface area contributed by atoms with Crippen molar-refractivity contribution in [2.45, 2.75) is 37.4 Å². The van der Waals surface area contributed by atoms with Crippen LogP contribution in [-0.4, -0.2) is 71.5 Å². The summed E-state index contributed by atoms with van der Waals surface area (Å²) in [5, 5.41) is 30.4. The zero-order valence-electron chi connectivity index (χ0n) is 20.0. The van der Waals surface area contributed by atoms with Crippen LogP contribution in [0.1, 0.15) is 38.9 Å². The van der Waals surface area contributed by atoms with Crippen molar-refractivity contribution in [3.63, 3.8) is 0 Å². The molecule has 0 amide bonds. The van der Waals surface area contributed by atoms with Crippen LogP contribution in [0, 0.1) is 0 Å². The van der Waals surface area contributed by atoms with E-state index in [9.17, 15) is 24.9 Å². The van der Waals surface area contributed by atoms with E-state index in [1.54, 1.807) is 36.4 Å². The lowest BCUT2D eigenvalue weighted by Gasteiger charge is -2.16. The van der Waals surface area contributed by atoms with Crippen LogP contribution in [0.5, 0.6) is 5.75 Å². The van der Waals surface area contributed by atoms with Crippen molar-refractivity contribution in [2.75, 3.05) is 12.3 Å². The number of aryl methyl sites for hydroxylation is 1. The minimum absolute atomic E-state index is 0.0106. The summed E-state index contributed by atoms with van der Waals surface area (Å²) >= 11 is 0. The van der Waals surface area contributed by atoms with Gasteiger partial charge in [-0.1, -0.05) is 30.3 Å². The topological polar surface area (TPSA) is 183 Å². The third-order valence-corrected chi connectivity index (χ3v) is 6.43. The first-order chi connectivity index (χ1) is 18.3. The van der Waals surface area contributed by atoms with Gasteiger partial charge in [-0.2, -0.15) is 0 Å². The fourth-order valence-corrected chi connectivity index (χ4v) is 4.39. The number of ether oxygens (including phenoxy) is 2. The molecule has 5 rings (SSSR count). The first-order valence-corrected chi connectivity index (χ1v) is 11.9. The molecule has 0 saturated carbocycles. The van der Waals surface area contributed by atoms with Crippen LogP contribution in [0.3, 0.4) is 0 Å². The summed E-state index contributed by atoms with van der Waals surface area (Å²) < 4.78 is 13.1. The summed E-state index contributed by atoms with van der Waals surface area (Å²) in [6.07, 6.45) is -0.934. The summed E-state index contributed by atoms with van der Waals surface area (Å²) in [5.74, 6) is -0.676. The number of anilines is 1. The third kappa shape index (κ3) is 4.92. The molecule has 0 unspecified atom stereocenters. The number of carbonyl (C=O) groups excluding carboxylic acids is 1. The van der Waals surface area contributed by atoms with Gasteiger partial charge >= 0.3 is 5.97 Å². The number of aromatic nitrogens is 4. The fraction of sp³-hybridized carbons (Fsp3) is 0.269. The molecule has 2 aromatic carbocycles. The van der Waals surface area contributed by atoms with Crippen LogP contribution < -0.4 is 10.5 Å². The molecule has 12 nitrogen and oxygen atoms in total. The van der Waals surface area contributed by atoms with Gasteiger partial charge in [0.1, 0.15) is 42.5 Å². The molecule has 0 spiro atoms. The molecular formula is C26H25N5O7. The van der Waals surface area contributed by atoms with Crippen LogP contribution in [0.2, 0.25) is 0 Å². The molecule has 0 bridgehead atoms. The fourth-order valence-electron chi connectivity index (χ4n) is 4.39. The molecule has 5 N–H and O–H groups in total. The van der Waals surface area contributed by atoms with E-state index in [1.165, 1.54) is 29.4 Å². The number of rotatable bonds is 9. The van der Waals surface area contributed by atoms with E-state index in [0.717, 1.165) is 5.56 Å². The van der Waals surface area contributed by atoms with Crippen LogP contribution in [0.4, 0.5) is 5.82 Å². The molecule has 1 aliphatic rings. The van der Waals surface area contributed by atoms with Crippen LogP contribution in [0.15, 0.2) is 61.2 Å². The summed E-state index contributed by atoms with van der Waals surface area (Å²) in [6, 6.07) is 13.2. The number of hydrogen-bond acceptors (Lipinski definition) is 10. The van der Waals surface area contributed by atoms with E-state index in [4.69, 9.17) is 15.2 Å². The molecule has 1 fully saturated rings. The lowest BCUT2D eigenvalue weighted by atomic mass is 9.98. The smallest absolute Gasteiger partial charge is 0.336 e. The van der Waals surface area contributed by atoms with Gasteiger partial charge < -0.3 is 30.5 Å². The molecule has 4 atom stereocenters. The summed E-state index contributed by atoms with van der Waals surface area (Å²) in [4.78, 5) is 36.1. The summed E-state index contributed by atoms with van der Waals surface area (Å²) in [7, 11) is 0. The Morgan fingerprint density at radius 1 is 1.00 bits per heavy atom. The minimum atomic E-state index is -1.25. The Balaban J connectivity index is 1.17. The second-order valence-corrected chi connectivity index (χ2v) is 8.86. The van der Waals surface area contributed by atoms with Crippen molar-refractivity contribution < 1.29 is 34.4 Å². The third-order valence-electron chi connectivity index (χ3n) is 6.43. The van der Waals surface area contributed by atoms with Crippen molar-refractivity contribution in [1.82, 2.24) is 19.5 Å². The van der Waals surface area contributed by atoms with Gasteiger partial charge in [0.15, 0.2) is 23.5 Å². The van der Waals surface area contributed by atoms with E-state index in [1.807, 2.05) is 0 Å². The Hall–Kier alpha value is -4.39. The number of aliphatic hydroxyl groups is 2. The zero-order valence-corrected chi connectivity index (χ0v) is 20.0. The van der Waals surface area contributed by atoms with Crippen molar-refractivity contribution in [1.29, 1.82) is 0 Å². The van der Waals surface area contributed by atoms with E-state index in [0.29, 0.717) is 23.3 Å². The first-order valence-electron chi connectivity index (χ1n) is 11.9. The monoisotopic (exact) mass is 519 g/mol. The number of nitrogen functional groups attached to an aromatic ring is 1. The van der Waals surface area contributed by atoms with Crippen molar-refractivity contribution in [2.24, 2.45) is 0 Å². The van der Waals surface area contributed by atoms with Gasteiger partial charge in [-0.15, -0.1) is 0 Å². The minimum Gasteiger partial charge on any atom is -0.491 e. The van der Waals surface area contributed by atoms with Crippen molar-refractivity contribution >= 4 is 28.7 Å². The number of ketones is 1. The highest BCUT2D eigenvalue weighted by Crippen LogP contribution is 2.32. The predicted molar refractivity (Wildman–Crippen MR) is 134 cm³/mol. The number of carboxylic acids is 1. The highest BCUT2D eigenvalue weighted by molar-refractivity contribution is 6.05. The Labute approximate surface area is 216 Å². The van der Waals surface area contributed by atoms with E-state index in [-0.39, 0.29) is 35.8 Å². The van der Waals surface area contributed by atoms with Gasteiger partial charge in [0.25, 0.3) is 0 Å². The van der Waals surface area contributed by atoms with Gasteiger partial charge in [-0.25, -0.2) is 19.7 Å². The maximum absolute atomic E-state index is 12.6. The van der Waals surface area contributed by atoms with Crippen molar-refractivity contribution in [3.8, 4) is 5.75 Å². The molecule has 0 aliphatic carbocycles. The number of carboxylic acid groups (broad SMARTS) is 1. The van der Waals surface area contributed by atoms with E-state index in [2.05, 4.69) is 15.0 Å². The molecule has 1 saturated heterocycles. The van der Waals surface area contributed by atoms with Gasteiger partial charge in [0, 0.05) is 12.0 Å². The number of nitrogens with zero attached hydrogens (tertiary/aromatic N) is 4. The first kappa shape index (κ1) is 25.3. The second kappa shape index (κ2) is 10.5. The molecular weight excluding hydrogens is 494 g/mol. The van der Waals surface area contributed by atoms with Gasteiger partial charge in [-0.05, 0) is 30.2 Å². The molecule has 4 aromatic rings. The average Bonchev–Trinajstić information content (AvgIpc) is 3.48. The van der Waals surface area contributed by atoms with Crippen LogP contribution in [-0.2, 0) is 11.2 Å². The zero-order chi connectivity index (χ0) is 26.8. The lowest BCUT2D eigenvalue weighted by molar-refractivity contribution is -0.0474. The van der Waals surface area contributed by atoms with E-state index < -0.39 is 30.5 Å². The highest BCUT2D eigenvalue weighted by Gasteiger charge is 2.44. The molecule has 196 valence electrons. The largest absolute Gasteiger partial charge is 0.491 e. The Morgan fingerprint density at radius 2 is 1.74 bits per heavy atom. The van der Waals surface area contributed by atoms with Gasteiger partial charge in [-0.3, -0.25) is 9.36 Å². The van der Waals surface area contributed by atoms with Gasteiger partial charge in [0.2, 0.25) is 0 Å². The number of carbonyl (C=O) groups is 2. The summed E-state index contributed by atoms with van der Waals surface area (Å²) in [6.45, 7) is -0.0255. The Morgan fingerprint density at radius 3 is 2.47 bits per heavy atom. The second-order valence-electron chi connectivity index (χ2n) is 8.86. The number of imidazole rings is 1. The number of aromatic carboxylic acids is 1. The molecule has 0 radical (unpaired) electrons. The van der Waals surface area contributed by atoms with E-state index >= 15 is 0 Å². The van der Waals surface area contributed by atoms with Gasteiger partial charge in [0.05, 0.1) is 11.9 Å². The lowest BCUT2D eigenvalue weighted by Crippen LogP contribution is -2.34. The maximum Gasteiger partial charge on any atom is 0.336 e. The molecule has 12 heteroatoms. The molecule has 38 heavy (non-hydrogen) atoms. The quantitative estimate of drug-likeness (QED) is 0.236. The molecule has 1 aliphatic heterocycles. The van der Waals surface area contributed by atoms with Crippen LogP contribution >= 0.6 is 0 Å². The molecule has 2 aromatic heterocycles. The number of nitrogens with two attached hydrogens (primary N) is 1. The number of fused-ring (bicyclic) bond motifs is 1. The van der Waals surface area contributed by atoms with Crippen LogP contribution in [0.25, 0.3) is 11.2 Å². The maximum atomic E-state index is 12.6. The standard InChI is InChI=1S/C26H25N5O7/c27-23-20-24(29-12-28-23)31(13-30-20)25-22(34)21(33)19(38-25)11-37-15-8-5-14(6-9-15)7-10-18(32)16-3-1-2-4-17(16)26(35)36/h1-6,8-9,12-13,19,21-22,25,33-34H,7,10-11H2,(H,35,36)(H2,27,28,29)/t19-,21-,22-,25-/m1/s1. The number of hydrogen-bond donors (Lipinski definition) is 4.